The van der Waals surface area contributed by atoms with Gasteiger partial charge in [-0.3, -0.25) is 9.59 Å². The minimum Gasteiger partial charge on any atom is -0.355 e. The molecule has 2 aliphatic heterocycles. The third-order valence-electron chi connectivity index (χ3n) is 3.23. The molecule has 0 aromatic heterocycles. The van der Waals surface area contributed by atoms with E-state index in [0.29, 0.717) is 13.0 Å². The molecule has 2 amide bonds. The van der Waals surface area contributed by atoms with E-state index in [9.17, 15) is 9.59 Å². The van der Waals surface area contributed by atoms with E-state index in [2.05, 4.69) is 16.0 Å². The van der Waals surface area contributed by atoms with E-state index >= 15 is 0 Å². The van der Waals surface area contributed by atoms with Gasteiger partial charge in [0.15, 0.2) is 0 Å². The Hall–Kier alpha value is -1.10. The topological polar surface area (TPSA) is 70.2 Å². The predicted octanol–water partition coefficient (Wildman–Crippen LogP) is -0.477. The Kier molecular flexibility index (Phi) is 3.77. The fraction of sp³-hybridized carbons (Fsp3) is 0.818. The fourth-order valence-corrected chi connectivity index (χ4v) is 2.25. The lowest BCUT2D eigenvalue weighted by Crippen LogP contribution is -2.47. The highest BCUT2D eigenvalue weighted by atomic mass is 16.2. The first-order valence-electron chi connectivity index (χ1n) is 6.06. The maximum atomic E-state index is 11.6. The molecule has 2 saturated heterocycles. The fourth-order valence-electron chi connectivity index (χ4n) is 2.25. The summed E-state index contributed by atoms with van der Waals surface area (Å²) in [5.74, 6) is 0.221. The highest BCUT2D eigenvalue weighted by Crippen LogP contribution is 2.08. The Morgan fingerprint density at radius 1 is 1.25 bits per heavy atom. The molecule has 0 bridgehead atoms. The molecule has 5 nitrogen and oxygen atoms in total. The van der Waals surface area contributed by atoms with Crippen LogP contribution in [0, 0.1) is 0 Å². The van der Waals surface area contributed by atoms with Gasteiger partial charge in [0.05, 0.1) is 6.04 Å². The highest BCUT2D eigenvalue weighted by Gasteiger charge is 2.24. The van der Waals surface area contributed by atoms with Crippen molar-refractivity contribution in [1.82, 2.24) is 16.0 Å². The van der Waals surface area contributed by atoms with Crippen LogP contribution < -0.4 is 16.0 Å². The van der Waals surface area contributed by atoms with Crippen LogP contribution in [0.3, 0.4) is 0 Å². The SMILES string of the molecule is O=C1CCC(CNC2CCCCNC2=O)N1. The van der Waals surface area contributed by atoms with Crippen molar-refractivity contribution < 1.29 is 9.59 Å². The molecule has 3 N–H and O–H groups in total. The summed E-state index contributed by atoms with van der Waals surface area (Å²) in [4.78, 5) is 22.6. The van der Waals surface area contributed by atoms with Crippen molar-refractivity contribution in [1.29, 1.82) is 0 Å². The van der Waals surface area contributed by atoms with Gasteiger partial charge in [-0.05, 0) is 25.7 Å². The van der Waals surface area contributed by atoms with Gasteiger partial charge >= 0.3 is 0 Å². The lowest BCUT2D eigenvalue weighted by Gasteiger charge is -2.18. The summed E-state index contributed by atoms with van der Waals surface area (Å²) in [6.07, 6.45) is 4.52. The summed E-state index contributed by atoms with van der Waals surface area (Å²) >= 11 is 0. The molecule has 90 valence electrons. The standard InChI is InChI=1S/C11H19N3O2/c15-10-5-4-8(14-10)7-13-9-3-1-2-6-12-11(9)16/h8-9,13H,1-7H2,(H,12,16)(H,14,15). The van der Waals surface area contributed by atoms with E-state index in [0.717, 1.165) is 32.2 Å². The average molecular weight is 225 g/mol. The van der Waals surface area contributed by atoms with Crippen molar-refractivity contribution in [3.63, 3.8) is 0 Å². The molecule has 2 unspecified atom stereocenters. The molecular weight excluding hydrogens is 206 g/mol. The predicted molar refractivity (Wildman–Crippen MR) is 59.8 cm³/mol. The first-order valence-corrected chi connectivity index (χ1v) is 6.06. The van der Waals surface area contributed by atoms with Crippen molar-refractivity contribution in [2.24, 2.45) is 0 Å². The molecule has 5 heteroatoms. The Morgan fingerprint density at radius 3 is 2.88 bits per heavy atom. The summed E-state index contributed by atoms with van der Waals surface area (Å²) in [6, 6.07) is 0.114. The minimum absolute atomic E-state index is 0.0833. The molecule has 0 radical (unpaired) electrons. The molecule has 0 spiro atoms. The third-order valence-corrected chi connectivity index (χ3v) is 3.23. The van der Waals surface area contributed by atoms with Crippen LogP contribution in [-0.2, 0) is 9.59 Å². The molecular formula is C11H19N3O2. The van der Waals surface area contributed by atoms with Gasteiger partial charge in [0.25, 0.3) is 0 Å². The van der Waals surface area contributed by atoms with Crippen LogP contribution in [0.25, 0.3) is 0 Å². The summed E-state index contributed by atoms with van der Waals surface area (Å²) < 4.78 is 0. The van der Waals surface area contributed by atoms with Crippen molar-refractivity contribution in [2.45, 2.75) is 44.2 Å². The van der Waals surface area contributed by atoms with Crippen LogP contribution in [0.5, 0.6) is 0 Å². The second kappa shape index (κ2) is 5.30. The Labute approximate surface area is 95.3 Å². The quantitative estimate of drug-likeness (QED) is 0.608. The Bertz CT molecular complexity index is 280. The number of carbonyl (C=O) groups excluding carboxylic acids is 2. The normalized spacial score (nSPS) is 30.8. The van der Waals surface area contributed by atoms with Gasteiger partial charge in [0.2, 0.25) is 11.8 Å². The lowest BCUT2D eigenvalue weighted by atomic mass is 10.1. The van der Waals surface area contributed by atoms with E-state index in [1.54, 1.807) is 0 Å². The smallest absolute Gasteiger partial charge is 0.237 e. The van der Waals surface area contributed by atoms with Gasteiger partial charge < -0.3 is 16.0 Å². The number of rotatable bonds is 3. The average Bonchev–Trinajstić information content (AvgIpc) is 2.56. The van der Waals surface area contributed by atoms with Gasteiger partial charge in [-0.2, -0.15) is 0 Å². The molecule has 2 heterocycles. The second-order valence-electron chi connectivity index (χ2n) is 4.55. The highest BCUT2D eigenvalue weighted by molar-refractivity contribution is 5.82. The van der Waals surface area contributed by atoms with Gasteiger partial charge in [-0.15, -0.1) is 0 Å². The van der Waals surface area contributed by atoms with E-state index < -0.39 is 0 Å². The zero-order valence-electron chi connectivity index (χ0n) is 9.42. The number of amides is 2. The van der Waals surface area contributed by atoms with Crippen molar-refractivity contribution in [3.05, 3.63) is 0 Å². The molecule has 0 aliphatic carbocycles. The summed E-state index contributed by atoms with van der Waals surface area (Å²) in [5.41, 5.74) is 0. The minimum atomic E-state index is -0.0833. The summed E-state index contributed by atoms with van der Waals surface area (Å²) in [6.45, 7) is 1.49. The molecule has 2 atom stereocenters. The number of carbonyl (C=O) groups is 2. The van der Waals surface area contributed by atoms with Crippen LogP contribution in [-0.4, -0.2) is 37.0 Å². The van der Waals surface area contributed by atoms with Crippen LogP contribution >= 0.6 is 0 Å². The second-order valence-corrected chi connectivity index (χ2v) is 4.55. The molecule has 0 aromatic rings. The number of hydrogen-bond acceptors (Lipinski definition) is 3. The molecule has 0 saturated carbocycles. The largest absolute Gasteiger partial charge is 0.355 e. The maximum Gasteiger partial charge on any atom is 0.237 e. The van der Waals surface area contributed by atoms with Gasteiger partial charge in [-0.25, -0.2) is 0 Å². The third kappa shape index (κ3) is 2.95. The van der Waals surface area contributed by atoms with E-state index in [4.69, 9.17) is 0 Å². The molecule has 2 fully saturated rings. The first-order chi connectivity index (χ1) is 7.75. The van der Waals surface area contributed by atoms with Crippen LogP contribution in [0.4, 0.5) is 0 Å². The van der Waals surface area contributed by atoms with E-state index in [1.807, 2.05) is 0 Å². The first kappa shape index (κ1) is 11.4. The lowest BCUT2D eigenvalue weighted by molar-refractivity contribution is -0.122. The number of hydrogen-bond donors (Lipinski definition) is 3. The van der Waals surface area contributed by atoms with E-state index in [-0.39, 0.29) is 23.9 Å². The van der Waals surface area contributed by atoms with Gasteiger partial charge in [0, 0.05) is 25.6 Å². The molecule has 16 heavy (non-hydrogen) atoms. The molecule has 0 aromatic carbocycles. The van der Waals surface area contributed by atoms with Crippen LogP contribution in [0.1, 0.15) is 32.1 Å². The van der Waals surface area contributed by atoms with Gasteiger partial charge in [0.1, 0.15) is 0 Å². The number of nitrogens with one attached hydrogen (secondary N) is 3. The Balaban J connectivity index is 1.75. The van der Waals surface area contributed by atoms with Crippen molar-refractivity contribution >= 4 is 11.8 Å². The Morgan fingerprint density at radius 2 is 2.12 bits per heavy atom. The van der Waals surface area contributed by atoms with Gasteiger partial charge in [-0.1, -0.05) is 0 Å². The zero-order chi connectivity index (χ0) is 11.4. The van der Waals surface area contributed by atoms with Crippen LogP contribution in [0.15, 0.2) is 0 Å². The van der Waals surface area contributed by atoms with Crippen LogP contribution in [0.2, 0.25) is 0 Å². The van der Waals surface area contributed by atoms with Crippen molar-refractivity contribution in [2.75, 3.05) is 13.1 Å². The zero-order valence-corrected chi connectivity index (χ0v) is 9.42. The maximum absolute atomic E-state index is 11.6. The van der Waals surface area contributed by atoms with Crippen molar-refractivity contribution in [3.8, 4) is 0 Å². The summed E-state index contributed by atoms with van der Waals surface area (Å²) in [5, 5.41) is 9.03. The molecule has 2 aliphatic rings. The van der Waals surface area contributed by atoms with E-state index in [1.165, 1.54) is 0 Å². The molecule has 2 rings (SSSR count). The summed E-state index contributed by atoms with van der Waals surface area (Å²) in [7, 11) is 0. The monoisotopic (exact) mass is 225 g/mol.